The van der Waals surface area contributed by atoms with Crippen LogP contribution in [0, 0.1) is 24.6 Å². The van der Waals surface area contributed by atoms with Crippen molar-refractivity contribution in [1.82, 2.24) is 0 Å². The summed E-state index contributed by atoms with van der Waals surface area (Å²) in [4.78, 5) is 0. The monoisotopic (exact) mass is 263 g/mol. The van der Waals surface area contributed by atoms with Gasteiger partial charge in [0.25, 0.3) is 0 Å². The molecule has 1 aromatic rings. The van der Waals surface area contributed by atoms with Gasteiger partial charge in [-0.25, -0.2) is 4.39 Å². The lowest BCUT2D eigenvalue weighted by atomic mass is 9.89. The largest absolute Gasteiger partial charge is 0.382 e. The minimum absolute atomic E-state index is 0.112. The van der Waals surface area contributed by atoms with Crippen LogP contribution in [0.1, 0.15) is 51.5 Å². The van der Waals surface area contributed by atoms with Crippen molar-refractivity contribution >= 4 is 5.69 Å². The molecule has 2 rings (SSSR count). The van der Waals surface area contributed by atoms with Gasteiger partial charge in [-0.1, -0.05) is 32.8 Å². The zero-order valence-corrected chi connectivity index (χ0v) is 12.4. The standard InChI is InChI=1S/C17H26FN/c1-12(2)14-5-4-6-15(10-8-14)19-16-9-7-13(3)17(18)11-16/h7,9,11-12,14-15,19H,4-6,8,10H2,1-3H3. The summed E-state index contributed by atoms with van der Waals surface area (Å²) in [6.45, 7) is 6.46. The van der Waals surface area contributed by atoms with Crippen molar-refractivity contribution in [3.63, 3.8) is 0 Å². The molecule has 0 radical (unpaired) electrons. The second-order valence-corrected chi connectivity index (χ2v) is 6.32. The van der Waals surface area contributed by atoms with Gasteiger partial charge in [0.1, 0.15) is 5.82 Å². The number of aryl methyl sites for hydroxylation is 1. The zero-order chi connectivity index (χ0) is 13.8. The minimum atomic E-state index is -0.112. The lowest BCUT2D eigenvalue weighted by Gasteiger charge is -2.20. The van der Waals surface area contributed by atoms with Gasteiger partial charge in [-0.05, 0) is 55.7 Å². The Morgan fingerprint density at radius 2 is 1.95 bits per heavy atom. The first-order chi connectivity index (χ1) is 9.06. The van der Waals surface area contributed by atoms with E-state index in [1.165, 1.54) is 32.1 Å². The van der Waals surface area contributed by atoms with E-state index in [1.54, 1.807) is 13.0 Å². The SMILES string of the molecule is Cc1ccc(NC2CCCC(C(C)C)CC2)cc1F. The molecular weight excluding hydrogens is 237 g/mol. The average molecular weight is 263 g/mol. The maximum Gasteiger partial charge on any atom is 0.128 e. The fourth-order valence-corrected chi connectivity index (χ4v) is 3.06. The van der Waals surface area contributed by atoms with Gasteiger partial charge in [-0.2, -0.15) is 0 Å². The Hall–Kier alpha value is -1.05. The van der Waals surface area contributed by atoms with Crippen molar-refractivity contribution in [1.29, 1.82) is 0 Å². The van der Waals surface area contributed by atoms with Crippen LogP contribution in [0.3, 0.4) is 0 Å². The number of nitrogens with one attached hydrogen (secondary N) is 1. The molecule has 2 heteroatoms. The summed E-state index contributed by atoms with van der Waals surface area (Å²) < 4.78 is 13.5. The van der Waals surface area contributed by atoms with Gasteiger partial charge in [-0.15, -0.1) is 0 Å². The minimum Gasteiger partial charge on any atom is -0.382 e. The average Bonchev–Trinajstić information content (AvgIpc) is 2.59. The Balaban J connectivity index is 1.94. The van der Waals surface area contributed by atoms with Crippen LogP contribution >= 0.6 is 0 Å². The molecule has 1 fully saturated rings. The number of benzene rings is 1. The molecule has 0 amide bonds. The molecule has 1 aliphatic rings. The van der Waals surface area contributed by atoms with Crippen LogP contribution in [0.15, 0.2) is 18.2 Å². The first-order valence-electron chi connectivity index (χ1n) is 7.59. The lowest BCUT2D eigenvalue weighted by molar-refractivity contribution is 0.341. The van der Waals surface area contributed by atoms with Crippen molar-refractivity contribution in [2.75, 3.05) is 5.32 Å². The Labute approximate surface area is 116 Å². The third kappa shape index (κ3) is 3.95. The predicted octanol–water partition coefficient (Wildman–Crippen LogP) is 5.15. The van der Waals surface area contributed by atoms with Crippen molar-refractivity contribution in [2.45, 2.75) is 58.9 Å². The number of anilines is 1. The van der Waals surface area contributed by atoms with E-state index in [0.29, 0.717) is 11.6 Å². The van der Waals surface area contributed by atoms with Gasteiger partial charge in [0.2, 0.25) is 0 Å². The van der Waals surface area contributed by atoms with Crippen LogP contribution in [-0.2, 0) is 0 Å². The van der Waals surface area contributed by atoms with Crippen molar-refractivity contribution < 1.29 is 4.39 Å². The summed E-state index contributed by atoms with van der Waals surface area (Å²) in [5.41, 5.74) is 1.64. The van der Waals surface area contributed by atoms with Crippen LogP contribution in [0.4, 0.5) is 10.1 Å². The zero-order valence-electron chi connectivity index (χ0n) is 12.4. The van der Waals surface area contributed by atoms with E-state index in [9.17, 15) is 4.39 Å². The summed E-state index contributed by atoms with van der Waals surface area (Å²) in [6.07, 6.45) is 6.34. The molecular formula is C17H26FN. The molecule has 2 atom stereocenters. The summed E-state index contributed by atoms with van der Waals surface area (Å²) in [7, 11) is 0. The summed E-state index contributed by atoms with van der Waals surface area (Å²) in [6, 6.07) is 5.97. The molecule has 0 spiro atoms. The Bertz CT molecular complexity index is 414. The highest BCUT2D eigenvalue weighted by atomic mass is 19.1. The molecule has 0 aromatic heterocycles. The third-order valence-electron chi connectivity index (χ3n) is 4.50. The second-order valence-electron chi connectivity index (χ2n) is 6.32. The van der Waals surface area contributed by atoms with Gasteiger partial charge in [0.15, 0.2) is 0 Å². The first kappa shape index (κ1) is 14.4. The summed E-state index contributed by atoms with van der Waals surface area (Å²) >= 11 is 0. The highest BCUT2D eigenvalue weighted by Gasteiger charge is 2.20. The highest BCUT2D eigenvalue weighted by molar-refractivity contribution is 5.46. The van der Waals surface area contributed by atoms with Crippen LogP contribution in [0.25, 0.3) is 0 Å². The number of hydrogen-bond donors (Lipinski definition) is 1. The molecule has 1 saturated carbocycles. The first-order valence-corrected chi connectivity index (χ1v) is 7.59. The van der Waals surface area contributed by atoms with Crippen molar-refractivity contribution in [3.8, 4) is 0 Å². The van der Waals surface area contributed by atoms with E-state index < -0.39 is 0 Å². The van der Waals surface area contributed by atoms with Crippen LogP contribution in [0.2, 0.25) is 0 Å². The Morgan fingerprint density at radius 1 is 1.16 bits per heavy atom. The Morgan fingerprint density at radius 3 is 2.63 bits per heavy atom. The molecule has 0 saturated heterocycles. The molecule has 0 heterocycles. The topological polar surface area (TPSA) is 12.0 Å². The number of rotatable bonds is 3. The van der Waals surface area contributed by atoms with Crippen LogP contribution < -0.4 is 5.32 Å². The molecule has 19 heavy (non-hydrogen) atoms. The normalized spacial score (nSPS) is 24.3. The maximum absolute atomic E-state index is 13.5. The Kier molecular flexibility index (Phi) is 4.84. The quantitative estimate of drug-likeness (QED) is 0.743. The van der Waals surface area contributed by atoms with Crippen LogP contribution in [0.5, 0.6) is 0 Å². The molecule has 2 unspecified atom stereocenters. The fourth-order valence-electron chi connectivity index (χ4n) is 3.06. The summed E-state index contributed by atoms with van der Waals surface area (Å²) in [5, 5.41) is 3.51. The van der Waals surface area contributed by atoms with E-state index in [-0.39, 0.29) is 5.82 Å². The van der Waals surface area contributed by atoms with E-state index in [1.807, 2.05) is 12.1 Å². The van der Waals surface area contributed by atoms with Gasteiger partial charge in [0, 0.05) is 11.7 Å². The van der Waals surface area contributed by atoms with Crippen molar-refractivity contribution in [2.24, 2.45) is 11.8 Å². The fraction of sp³-hybridized carbons (Fsp3) is 0.647. The van der Waals surface area contributed by atoms with E-state index >= 15 is 0 Å². The van der Waals surface area contributed by atoms with Gasteiger partial charge >= 0.3 is 0 Å². The molecule has 1 aromatic carbocycles. The number of halogens is 1. The molecule has 106 valence electrons. The third-order valence-corrected chi connectivity index (χ3v) is 4.50. The summed E-state index contributed by atoms with van der Waals surface area (Å²) in [5.74, 6) is 1.54. The molecule has 1 nitrogen and oxygen atoms in total. The van der Waals surface area contributed by atoms with Gasteiger partial charge < -0.3 is 5.32 Å². The predicted molar refractivity (Wildman–Crippen MR) is 80.0 cm³/mol. The second kappa shape index (κ2) is 6.40. The number of hydrogen-bond acceptors (Lipinski definition) is 1. The molecule has 1 aliphatic carbocycles. The van der Waals surface area contributed by atoms with E-state index in [4.69, 9.17) is 0 Å². The molecule has 0 aliphatic heterocycles. The molecule has 0 bridgehead atoms. The van der Waals surface area contributed by atoms with Gasteiger partial charge in [-0.3, -0.25) is 0 Å². The highest BCUT2D eigenvalue weighted by Crippen LogP contribution is 2.30. The molecule has 1 N–H and O–H groups in total. The van der Waals surface area contributed by atoms with E-state index in [2.05, 4.69) is 19.2 Å². The lowest BCUT2D eigenvalue weighted by Crippen LogP contribution is -2.18. The maximum atomic E-state index is 13.5. The van der Waals surface area contributed by atoms with Crippen molar-refractivity contribution in [3.05, 3.63) is 29.6 Å². The smallest absolute Gasteiger partial charge is 0.128 e. The van der Waals surface area contributed by atoms with E-state index in [0.717, 1.165) is 17.5 Å². The van der Waals surface area contributed by atoms with Crippen LogP contribution in [-0.4, -0.2) is 6.04 Å². The van der Waals surface area contributed by atoms with Gasteiger partial charge in [0.05, 0.1) is 0 Å².